The first-order valence-corrected chi connectivity index (χ1v) is 5.88. The molecule has 2 heterocycles. The van der Waals surface area contributed by atoms with Crippen molar-refractivity contribution >= 4 is 17.2 Å². The number of benzene rings is 1. The van der Waals surface area contributed by atoms with Crippen molar-refractivity contribution in [3.05, 3.63) is 52.7 Å². The van der Waals surface area contributed by atoms with Crippen LogP contribution in [-0.4, -0.2) is 14.6 Å². The summed E-state index contributed by atoms with van der Waals surface area (Å²) in [5.74, 6) is -1.37. The zero-order chi connectivity index (χ0) is 14.3. The average molecular weight is 291 g/mol. The molecule has 0 unspecified atom stereocenters. The lowest BCUT2D eigenvalue weighted by atomic mass is 10.2. The smallest absolute Gasteiger partial charge is 0.171 e. The molecule has 4 nitrogen and oxygen atoms in total. The van der Waals surface area contributed by atoms with Gasteiger partial charge in [0.05, 0.1) is 16.1 Å². The van der Waals surface area contributed by atoms with Gasteiger partial charge in [0, 0.05) is 6.20 Å². The maximum Gasteiger partial charge on any atom is 0.171 e. The quantitative estimate of drug-likeness (QED) is 0.647. The SMILES string of the molecule is N#Cc1ccc2nnc(-c3cc(F)c(Cl)cc3F)n2c1. The second-order valence-electron chi connectivity index (χ2n) is 4.03. The summed E-state index contributed by atoms with van der Waals surface area (Å²) in [6, 6.07) is 6.92. The lowest BCUT2D eigenvalue weighted by Crippen LogP contribution is -1.95. The first-order chi connectivity index (χ1) is 9.60. The maximum absolute atomic E-state index is 13.9. The largest absolute Gasteiger partial charge is 0.281 e. The topological polar surface area (TPSA) is 54.0 Å². The lowest BCUT2D eigenvalue weighted by Gasteiger charge is -2.03. The molecule has 0 amide bonds. The van der Waals surface area contributed by atoms with Crippen molar-refractivity contribution in [3.63, 3.8) is 0 Å². The fourth-order valence-electron chi connectivity index (χ4n) is 1.83. The van der Waals surface area contributed by atoms with Crippen molar-refractivity contribution in [2.24, 2.45) is 0 Å². The maximum atomic E-state index is 13.9. The molecular weight excluding hydrogens is 286 g/mol. The van der Waals surface area contributed by atoms with E-state index in [1.165, 1.54) is 10.6 Å². The van der Waals surface area contributed by atoms with E-state index in [-0.39, 0.29) is 16.4 Å². The average Bonchev–Trinajstić information content (AvgIpc) is 2.85. The van der Waals surface area contributed by atoms with Crippen molar-refractivity contribution < 1.29 is 8.78 Å². The van der Waals surface area contributed by atoms with Crippen molar-refractivity contribution in [2.75, 3.05) is 0 Å². The monoisotopic (exact) mass is 290 g/mol. The molecular formula is C13H5ClF2N4. The van der Waals surface area contributed by atoms with Crippen LogP contribution in [0.25, 0.3) is 17.0 Å². The number of rotatable bonds is 1. The predicted molar refractivity (Wildman–Crippen MR) is 68.1 cm³/mol. The van der Waals surface area contributed by atoms with Gasteiger partial charge in [-0.2, -0.15) is 5.26 Å². The third-order valence-electron chi connectivity index (χ3n) is 2.78. The molecule has 20 heavy (non-hydrogen) atoms. The van der Waals surface area contributed by atoms with Crippen molar-refractivity contribution in [1.82, 2.24) is 14.6 Å². The van der Waals surface area contributed by atoms with Crippen LogP contribution < -0.4 is 0 Å². The summed E-state index contributed by atoms with van der Waals surface area (Å²) in [7, 11) is 0. The van der Waals surface area contributed by atoms with Crippen LogP contribution in [0.5, 0.6) is 0 Å². The standard InChI is InChI=1S/C13H5ClF2N4/c14-9-4-10(15)8(3-11(9)16)13-19-18-12-2-1-7(5-17)6-20(12)13/h1-4,6H. The third-order valence-corrected chi connectivity index (χ3v) is 3.07. The van der Waals surface area contributed by atoms with Crippen LogP contribution >= 0.6 is 11.6 Å². The van der Waals surface area contributed by atoms with E-state index in [0.717, 1.165) is 12.1 Å². The van der Waals surface area contributed by atoms with Crippen molar-refractivity contribution in [2.45, 2.75) is 0 Å². The van der Waals surface area contributed by atoms with E-state index in [9.17, 15) is 8.78 Å². The molecule has 7 heteroatoms. The molecule has 0 radical (unpaired) electrons. The van der Waals surface area contributed by atoms with Gasteiger partial charge in [-0.25, -0.2) is 8.78 Å². The molecule has 0 atom stereocenters. The van der Waals surface area contributed by atoms with Gasteiger partial charge < -0.3 is 0 Å². The fourth-order valence-corrected chi connectivity index (χ4v) is 1.98. The highest BCUT2D eigenvalue weighted by Gasteiger charge is 2.16. The van der Waals surface area contributed by atoms with Gasteiger partial charge in [-0.15, -0.1) is 10.2 Å². The third kappa shape index (κ3) is 1.89. The van der Waals surface area contributed by atoms with Gasteiger partial charge in [0.1, 0.15) is 17.7 Å². The van der Waals surface area contributed by atoms with Crippen LogP contribution in [0.4, 0.5) is 8.78 Å². The summed E-state index contributed by atoms with van der Waals surface area (Å²) in [6.07, 6.45) is 1.45. The van der Waals surface area contributed by atoms with Crippen LogP contribution in [0.15, 0.2) is 30.5 Å². The summed E-state index contributed by atoms with van der Waals surface area (Å²) in [4.78, 5) is 0. The number of aromatic nitrogens is 3. The number of hydrogen-bond donors (Lipinski definition) is 0. The minimum absolute atomic E-state index is 0.0745. The highest BCUT2D eigenvalue weighted by molar-refractivity contribution is 6.30. The number of fused-ring (bicyclic) bond motifs is 1. The zero-order valence-electron chi connectivity index (χ0n) is 9.81. The van der Waals surface area contributed by atoms with E-state index in [2.05, 4.69) is 10.2 Å². The lowest BCUT2D eigenvalue weighted by molar-refractivity contribution is 0.602. The summed E-state index contributed by atoms with van der Waals surface area (Å²) in [5.41, 5.74) is 0.705. The van der Waals surface area contributed by atoms with Crippen molar-refractivity contribution in [3.8, 4) is 17.5 Å². The number of halogens is 3. The molecule has 0 aliphatic rings. The number of nitrogens with zero attached hydrogens (tertiary/aromatic N) is 4. The van der Waals surface area contributed by atoms with Gasteiger partial charge >= 0.3 is 0 Å². The Hall–Kier alpha value is -2.52. The minimum Gasteiger partial charge on any atom is -0.281 e. The molecule has 1 aromatic carbocycles. The first-order valence-electron chi connectivity index (χ1n) is 5.50. The first kappa shape index (κ1) is 12.5. The molecule has 3 rings (SSSR count). The van der Waals surface area contributed by atoms with E-state index < -0.39 is 11.6 Å². The highest BCUT2D eigenvalue weighted by Crippen LogP contribution is 2.27. The Balaban J connectivity index is 2.30. The Morgan fingerprint density at radius 1 is 1.15 bits per heavy atom. The molecule has 0 saturated carbocycles. The second kappa shape index (κ2) is 4.54. The molecule has 0 aliphatic heterocycles. The van der Waals surface area contributed by atoms with Gasteiger partial charge in [-0.3, -0.25) is 4.40 Å². The Labute approximate surface area is 116 Å². The fraction of sp³-hybridized carbons (Fsp3) is 0. The van der Waals surface area contributed by atoms with E-state index in [1.807, 2.05) is 6.07 Å². The highest BCUT2D eigenvalue weighted by atomic mass is 35.5. The second-order valence-corrected chi connectivity index (χ2v) is 4.43. The van der Waals surface area contributed by atoms with Crippen LogP contribution in [0, 0.1) is 23.0 Å². The molecule has 98 valence electrons. The number of hydrogen-bond acceptors (Lipinski definition) is 3. The summed E-state index contributed by atoms with van der Waals surface area (Å²) < 4.78 is 28.8. The molecule has 0 bridgehead atoms. The molecule has 0 fully saturated rings. The Kier molecular flexibility index (Phi) is 2.84. The Morgan fingerprint density at radius 2 is 1.95 bits per heavy atom. The normalized spacial score (nSPS) is 10.7. The molecule has 3 aromatic rings. The number of nitriles is 1. The Morgan fingerprint density at radius 3 is 2.70 bits per heavy atom. The summed E-state index contributed by atoms with van der Waals surface area (Å²) in [6.45, 7) is 0. The van der Waals surface area contributed by atoms with Gasteiger partial charge in [-0.1, -0.05) is 11.6 Å². The summed E-state index contributed by atoms with van der Waals surface area (Å²) >= 11 is 5.51. The van der Waals surface area contributed by atoms with E-state index in [1.54, 1.807) is 12.1 Å². The predicted octanol–water partition coefficient (Wildman–Crippen LogP) is 3.20. The Bertz CT molecular complexity index is 867. The van der Waals surface area contributed by atoms with Gasteiger partial charge in [-0.05, 0) is 24.3 Å². The van der Waals surface area contributed by atoms with Gasteiger partial charge in [0.15, 0.2) is 11.5 Å². The van der Waals surface area contributed by atoms with Gasteiger partial charge in [0.2, 0.25) is 0 Å². The van der Waals surface area contributed by atoms with Gasteiger partial charge in [0.25, 0.3) is 0 Å². The van der Waals surface area contributed by atoms with E-state index in [4.69, 9.17) is 16.9 Å². The molecule has 0 N–H and O–H groups in total. The summed E-state index contributed by atoms with van der Waals surface area (Å²) in [5, 5.41) is 16.2. The molecule has 2 aromatic heterocycles. The van der Waals surface area contributed by atoms with Crippen LogP contribution in [0.3, 0.4) is 0 Å². The van der Waals surface area contributed by atoms with E-state index in [0.29, 0.717) is 11.2 Å². The minimum atomic E-state index is -0.753. The molecule has 0 spiro atoms. The van der Waals surface area contributed by atoms with Crippen LogP contribution in [0.1, 0.15) is 5.56 Å². The van der Waals surface area contributed by atoms with Crippen LogP contribution in [0.2, 0.25) is 5.02 Å². The number of pyridine rings is 1. The van der Waals surface area contributed by atoms with Crippen LogP contribution in [-0.2, 0) is 0 Å². The molecule has 0 saturated heterocycles. The molecule has 0 aliphatic carbocycles. The van der Waals surface area contributed by atoms with Crippen molar-refractivity contribution in [1.29, 1.82) is 5.26 Å². The zero-order valence-corrected chi connectivity index (χ0v) is 10.6. The van der Waals surface area contributed by atoms with E-state index >= 15 is 0 Å².